The van der Waals surface area contributed by atoms with Crippen molar-refractivity contribution in [2.24, 2.45) is 5.92 Å². The minimum atomic E-state index is -0.523. The molecular formula is C12H16FNO. The third-order valence-electron chi connectivity index (χ3n) is 2.30. The van der Waals surface area contributed by atoms with Crippen molar-refractivity contribution < 1.29 is 9.18 Å². The van der Waals surface area contributed by atoms with Crippen LogP contribution in [0.2, 0.25) is 0 Å². The van der Waals surface area contributed by atoms with Gasteiger partial charge in [0.2, 0.25) is 0 Å². The molecule has 1 rings (SSSR count). The van der Waals surface area contributed by atoms with Crippen LogP contribution in [-0.4, -0.2) is 5.78 Å². The molecular weight excluding hydrogens is 193 g/mol. The van der Waals surface area contributed by atoms with Gasteiger partial charge in [-0.3, -0.25) is 4.79 Å². The van der Waals surface area contributed by atoms with Gasteiger partial charge in [-0.15, -0.1) is 0 Å². The molecule has 1 aromatic carbocycles. The summed E-state index contributed by atoms with van der Waals surface area (Å²) in [7, 11) is 0. The van der Waals surface area contributed by atoms with Gasteiger partial charge in [0, 0.05) is 12.0 Å². The first-order chi connectivity index (χ1) is 7.02. The van der Waals surface area contributed by atoms with Crippen LogP contribution < -0.4 is 5.73 Å². The maximum atomic E-state index is 13.1. The molecule has 0 atom stereocenters. The van der Waals surface area contributed by atoms with Crippen molar-refractivity contribution in [3.05, 3.63) is 29.6 Å². The topological polar surface area (TPSA) is 43.1 Å². The predicted molar refractivity (Wildman–Crippen MR) is 59.2 cm³/mol. The van der Waals surface area contributed by atoms with E-state index in [9.17, 15) is 9.18 Å². The van der Waals surface area contributed by atoms with Crippen LogP contribution in [0.4, 0.5) is 10.1 Å². The van der Waals surface area contributed by atoms with Gasteiger partial charge in [-0.2, -0.15) is 0 Å². The number of hydrogen-bond donors (Lipinski definition) is 1. The summed E-state index contributed by atoms with van der Waals surface area (Å²) in [5, 5.41) is 0. The molecule has 0 bridgehead atoms. The molecule has 0 radical (unpaired) electrons. The number of ketones is 1. The minimum absolute atomic E-state index is 0.0359. The Labute approximate surface area is 89.3 Å². The molecule has 0 amide bonds. The summed E-state index contributed by atoms with van der Waals surface area (Å²) in [5.74, 6) is -0.144. The molecule has 0 aromatic heterocycles. The molecule has 0 aliphatic carbocycles. The van der Waals surface area contributed by atoms with Crippen LogP contribution in [0.1, 0.15) is 37.0 Å². The van der Waals surface area contributed by atoms with Gasteiger partial charge in [-0.1, -0.05) is 19.9 Å². The molecule has 2 N–H and O–H groups in total. The molecule has 0 heterocycles. The van der Waals surface area contributed by atoms with Crippen molar-refractivity contribution >= 4 is 11.5 Å². The fraction of sp³-hybridized carbons (Fsp3) is 0.417. The first-order valence-corrected chi connectivity index (χ1v) is 5.09. The van der Waals surface area contributed by atoms with E-state index in [0.717, 1.165) is 6.42 Å². The van der Waals surface area contributed by atoms with Gasteiger partial charge in [0.05, 0.1) is 5.69 Å². The van der Waals surface area contributed by atoms with Crippen LogP contribution in [0.25, 0.3) is 0 Å². The maximum absolute atomic E-state index is 13.1. The average Bonchev–Trinajstić information content (AvgIpc) is 2.18. The van der Waals surface area contributed by atoms with Crippen LogP contribution >= 0.6 is 0 Å². The average molecular weight is 209 g/mol. The highest BCUT2D eigenvalue weighted by Crippen LogP contribution is 2.19. The second kappa shape index (κ2) is 4.91. The molecule has 82 valence electrons. The van der Waals surface area contributed by atoms with Crippen molar-refractivity contribution in [3.63, 3.8) is 0 Å². The molecule has 0 aliphatic rings. The summed E-state index contributed by atoms with van der Waals surface area (Å²) in [6.45, 7) is 4.09. The molecule has 0 saturated heterocycles. The van der Waals surface area contributed by atoms with E-state index in [4.69, 9.17) is 5.73 Å². The fourth-order valence-electron chi connectivity index (χ4n) is 1.33. The highest BCUT2D eigenvalue weighted by molar-refractivity contribution is 6.00. The van der Waals surface area contributed by atoms with E-state index < -0.39 is 5.82 Å². The molecule has 0 spiro atoms. The molecule has 0 aliphatic heterocycles. The predicted octanol–water partition coefficient (Wildman–Crippen LogP) is 3.03. The van der Waals surface area contributed by atoms with Crippen molar-refractivity contribution in [3.8, 4) is 0 Å². The number of hydrogen-bond acceptors (Lipinski definition) is 2. The zero-order valence-corrected chi connectivity index (χ0v) is 9.09. The Kier molecular flexibility index (Phi) is 3.83. The van der Waals surface area contributed by atoms with Gasteiger partial charge in [0.15, 0.2) is 5.78 Å². The minimum Gasteiger partial charge on any atom is -0.396 e. The second-order valence-electron chi connectivity index (χ2n) is 4.06. The quantitative estimate of drug-likeness (QED) is 0.611. The Morgan fingerprint density at radius 1 is 1.47 bits per heavy atom. The van der Waals surface area contributed by atoms with Gasteiger partial charge in [0.1, 0.15) is 5.82 Å². The number of Topliss-reactive ketones (excluding diaryl/α,β-unsaturated/α-hetero) is 1. The lowest BCUT2D eigenvalue weighted by molar-refractivity contribution is 0.0976. The Morgan fingerprint density at radius 3 is 2.73 bits per heavy atom. The number of nitrogen functional groups attached to an aromatic ring is 1. The van der Waals surface area contributed by atoms with Gasteiger partial charge in [-0.25, -0.2) is 4.39 Å². The summed E-state index contributed by atoms with van der Waals surface area (Å²) in [5.41, 5.74) is 5.76. The Morgan fingerprint density at radius 2 is 2.13 bits per heavy atom. The molecule has 0 fully saturated rings. The third kappa shape index (κ3) is 3.05. The molecule has 0 saturated carbocycles. The van der Waals surface area contributed by atoms with Crippen molar-refractivity contribution in [1.29, 1.82) is 0 Å². The van der Waals surface area contributed by atoms with Gasteiger partial charge >= 0.3 is 0 Å². The normalized spacial score (nSPS) is 10.7. The highest BCUT2D eigenvalue weighted by atomic mass is 19.1. The van der Waals surface area contributed by atoms with E-state index in [0.29, 0.717) is 17.9 Å². The largest absolute Gasteiger partial charge is 0.396 e. The van der Waals surface area contributed by atoms with Gasteiger partial charge in [0.25, 0.3) is 0 Å². The van der Waals surface area contributed by atoms with Crippen molar-refractivity contribution in [2.45, 2.75) is 26.7 Å². The molecule has 1 aromatic rings. The fourth-order valence-corrected chi connectivity index (χ4v) is 1.33. The maximum Gasteiger partial charge on any atom is 0.165 e. The Bertz CT molecular complexity index is 361. The number of carbonyl (C=O) groups excluding carboxylic acids is 1. The number of benzene rings is 1. The number of halogens is 1. The standard InChI is InChI=1S/C12H16FNO/c1-8(2)6-7-11(15)9-4-3-5-10(13)12(9)14/h3-5,8H,6-7,14H2,1-2H3. The van der Waals surface area contributed by atoms with E-state index in [1.807, 2.05) is 13.8 Å². The van der Waals surface area contributed by atoms with E-state index in [1.54, 1.807) is 6.07 Å². The summed E-state index contributed by atoms with van der Waals surface area (Å²) in [6, 6.07) is 4.34. The number of anilines is 1. The number of rotatable bonds is 4. The molecule has 3 heteroatoms. The first-order valence-electron chi connectivity index (χ1n) is 5.09. The monoisotopic (exact) mass is 209 g/mol. The molecule has 15 heavy (non-hydrogen) atoms. The van der Waals surface area contributed by atoms with E-state index in [1.165, 1.54) is 12.1 Å². The van der Waals surface area contributed by atoms with E-state index in [2.05, 4.69) is 0 Å². The van der Waals surface area contributed by atoms with Crippen LogP contribution in [0.5, 0.6) is 0 Å². The number of nitrogens with two attached hydrogens (primary N) is 1. The van der Waals surface area contributed by atoms with Crippen LogP contribution in [0.15, 0.2) is 18.2 Å². The smallest absolute Gasteiger partial charge is 0.165 e. The number of para-hydroxylation sites is 1. The lowest BCUT2D eigenvalue weighted by Crippen LogP contribution is -2.06. The van der Waals surface area contributed by atoms with E-state index >= 15 is 0 Å². The van der Waals surface area contributed by atoms with Crippen molar-refractivity contribution in [2.75, 3.05) is 5.73 Å². The lowest BCUT2D eigenvalue weighted by atomic mass is 10.00. The Balaban J connectivity index is 2.78. The lowest BCUT2D eigenvalue weighted by Gasteiger charge is -2.06. The third-order valence-corrected chi connectivity index (χ3v) is 2.30. The zero-order chi connectivity index (χ0) is 11.4. The summed E-state index contributed by atoms with van der Waals surface area (Å²) in [6.07, 6.45) is 1.22. The van der Waals surface area contributed by atoms with Crippen molar-refractivity contribution in [1.82, 2.24) is 0 Å². The summed E-state index contributed by atoms with van der Waals surface area (Å²) >= 11 is 0. The molecule has 2 nitrogen and oxygen atoms in total. The Hall–Kier alpha value is -1.38. The zero-order valence-electron chi connectivity index (χ0n) is 9.09. The summed E-state index contributed by atoms with van der Waals surface area (Å²) < 4.78 is 13.1. The number of carbonyl (C=O) groups is 1. The summed E-state index contributed by atoms with van der Waals surface area (Å²) in [4.78, 5) is 11.7. The van der Waals surface area contributed by atoms with Crippen LogP contribution in [0.3, 0.4) is 0 Å². The van der Waals surface area contributed by atoms with Gasteiger partial charge < -0.3 is 5.73 Å². The first kappa shape index (κ1) is 11.7. The second-order valence-corrected chi connectivity index (χ2v) is 4.06. The highest BCUT2D eigenvalue weighted by Gasteiger charge is 2.12. The SMILES string of the molecule is CC(C)CCC(=O)c1cccc(F)c1N. The van der Waals surface area contributed by atoms with Crippen LogP contribution in [0, 0.1) is 11.7 Å². The van der Waals surface area contributed by atoms with E-state index in [-0.39, 0.29) is 11.5 Å². The molecule has 0 unspecified atom stereocenters. The van der Waals surface area contributed by atoms with Crippen LogP contribution in [-0.2, 0) is 0 Å². The van der Waals surface area contributed by atoms with Gasteiger partial charge in [-0.05, 0) is 24.5 Å².